The van der Waals surface area contributed by atoms with Gasteiger partial charge in [-0.1, -0.05) is 24.3 Å². The topological polar surface area (TPSA) is 78.8 Å². The SMILES string of the molecule is C[C@]12c3ccccc3N[C@H]1OC(=O)c1c2ccc(O)c1O. The van der Waals surface area contributed by atoms with Gasteiger partial charge in [0.05, 0.1) is 5.41 Å². The van der Waals surface area contributed by atoms with Gasteiger partial charge in [-0.15, -0.1) is 0 Å². The van der Waals surface area contributed by atoms with E-state index in [0.717, 1.165) is 11.3 Å². The quantitative estimate of drug-likeness (QED) is 0.511. The van der Waals surface area contributed by atoms with Gasteiger partial charge in [-0.3, -0.25) is 0 Å². The molecule has 0 aliphatic carbocycles. The Morgan fingerprint density at radius 3 is 2.71 bits per heavy atom. The van der Waals surface area contributed by atoms with E-state index in [1.807, 2.05) is 31.2 Å². The van der Waals surface area contributed by atoms with Crippen molar-refractivity contribution in [3.63, 3.8) is 0 Å². The van der Waals surface area contributed by atoms with E-state index >= 15 is 0 Å². The van der Waals surface area contributed by atoms with Crippen molar-refractivity contribution in [1.82, 2.24) is 0 Å². The number of aromatic hydroxyl groups is 2. The Morgan fingerprint density at radius 1 is 1.14 bits per heavy atom. The van der Waals surface area contributed by atoms with E-state index in [1.54, 1.807) is 6.07 Å². The van der Waals surface area contributed by atoms with E-state index in [9.17, 15) is 15.0 Å². The molecule has 0 spiro atoms. The molecule has 5 nitrogen and oxygen atoms in total. The van der Waals surface area contributed by atoms with Gasteiger partial charge in [0.25, 0.3) is 0 Å². The van der Waals surface area contributed by atoms with Crippen LogP contribution in [0.4, 0.5) is 5.69 Å². The second kappa shape index (κ2) is 3.69. The molecule has 0 amide bonds. The maximum Gasteiger partial charge on any atom is 0.344 e. The number of hydrogen-bond acceptors (Lipinski definition) is 5. The minimum atomic E-state index is -0.638. The van der Waals surface area contributed by atoms with Gasteiger partial charge in [-0.05, 0) is 30.2 Å². The van der Waals surface area contributed by atoms with E-state index in [1.165, 1.54) is 6.07 Å². The first-order valence-corrected chi connectivity index (χ1v) is 6.66. The highest BCUT2D eigenvalue weighted by Crippen LogP contribution is 2.52. The average molecular weight is 283 g/mol. The lowest BCUT2D eigenvalue weighted by atomic mass is 9.73. The van der Waals surface area contributed by atoms with Gasteiger partial charge in [0.1, 0.15) is 5.56 Å². The van der Waals surface area contributed by atoms with E-state index in [4.69, 9.17) is 4.74 Å². The van der Waals surface area contributed by atoms with Crippen LogP contribution in [-0.2, 0) is 10.2 Å². The monoisotopic (exact) mass is 283 g/mol. The second-order valence-corrected chi connectivity index (χ2v) is 5.53. The van der Waals surface area contributed by atoms with Crippen molar-refractivity contribution in [2.45, 2.75) is 18.6 Å². The van der Waals surface area contributed by atoms with E-state index < -0.39 is 23.4 Å². The second-order valence-electron chi connectivity index (χ2n) is 5.53. The molecule has 0 radical (unpaired) electrons. The number of rotatable bonds is 0. The number of nitrogens with one attached hydrogen (secondary N) is 1. The third kappa shape index (κ3) is 1.33. The van der Waals surface area contributed by atoms with Gasteiger partial charge in [-0.2, -0.15) is 0 Å². The number of esters is 1. The van der Waals surface area contributed by atoms with Gasteiger partial charge in [0, 0.05) is 5.69 Å². The molecular weight excluding hydrogens is 270 g/mol. The molecule has 0 fully saturated rings. The lowest BCUT2D eigenvalue weighted by Crippen LogP contribution is -2.45. The molecule has 0 saturated heterocycles. The van der Waals surface area contributed by atoms with E-state index in [0.29, 0.717) is 5.56 Å². The zero-order valence-electron chi connectivity index (χ0n) is 11.3. The summed E-state index contributed by atoms with van der Waals surface area (Å²) >= 11 is 0. The standard InChI is InChI=1S/C16H13NO4/c1-16-8-4-2-3-5-10(8)17-15(16)21-14(20)12-9(16)6-7-11(18)13(12)19/h2-7,15,17-19H,1H3/t15-,16+/m0/s1. The van der Waals surface area contributed by atoms with Crippen LogP contribution in [-0.4, -0.2) is 22.4 Å². The molecule has 0 unspecified atom stereocenters. The number of carbonyl (C=O) groups is 1. The van der Waals surface area contributed by atoms with Crippen LogP contribution >= 0.6 is 0 Å². The third-order valence-electron chi connectivity index (χ3n) is 4.44. The largest absolute Gasteiger partial charge is 0.504 e. The normalized spacial score (nSPS) is 25.4. The maximum atomic E-state index is 12.2. The molecule has 21 heavy (non-hydrogen) atoms. The van der Waals surface area contributed by atoms with Gasteiger partial charge in [0.15, 0.2) is 17.7 Å². The summed E-state index contributed by atoms with van der Waals surface area (Å²) in [4.78, 5) is 12.2. The molecule has 2 aromatic rings. The van der Waals surface area contributed by atoms with Crippen LogP contribution < -0.4 is 5.32 Å². The highest BCUT2D eigenvalue weighted by molar-refractivity contribution is 5.98. The van der Waals surface area contributed by atoms with Crippen molar-refractivity contribution in [1.29, 1.82) is 0 Å². The fourth-order valence-corrected chi connectivity index (χ4v) is 3.31. The zero-order valence-corrected chi connectivity index (χ0v) is 11.3. The number of phenolic OH excluding ortho intramolecular Hbond substituents is 2. The number of fused-ring (bicyclic) bond motifs is 5. The summed E-state index contributed by atoms with van der Waals surface area (Å²) in [6, 6.07) is 10.8. The molecule has 2 aliphatic heterocycles. The molecule has 2 aromatic carbocycles. The summed E-state index contributed by atoms with van der Waals surface area (Å²) in [5, 5.41) is 22.9. The van der Waals surface area contributed by atoms with Crippen molar-refractivity contribution >= 4 is 11.7 Å². The molecule has 0 bridgehead atoms. The molecular formula is C16H13NO4. The number of ether oxygens (including phenoxy) is 1. The minimum Gasteiger partial charge on any atom is -0.504 e. The Bertz CT molecular complexity index is 786. The molecule has 0 saturated carbocycles. The first-order chi connectivity index (χ1) is 10.0. The number of para-hydroxylation sites is 1. The first kappa shape index (κ1) is 12.1. The molecule has 2 heterocycles. The van der Waals surface area contributed by atoms with Gasteiger partial charge in [0.2, 0.25) is 0 Å². The highest BCUT2D eigenvalue weighted by atomic mass is 16.6. The van der Waals surface area contributed by atoms with Crippen LogP contribution in [0.2, 0.25) is 0 Å². The lowest BCUT2D eigenvalue weighted by molar-refractivity contribution is 0.0184. The number of carbonyl (C=O) groups excluding carboxylic acids is 1. The summed E-state index contributed by atoms with van der Waals surface area (Å²) in [5.41, 5.74) is 1.97. The summed E-state index contributed by atoms with van der Waals surface area (Å²) in [6.45, 7) is 1.96. The number of benzene rings is 2. The molecule has 2 atom stereocenters. The Balaban J connectivity index is 2.05. The average Bonchev–Trinajstić information content (AvgIpc) is 2.76. The maximum absolute atomic E-state index is 12.2. The fraction of sp³-hybridized carbons (Fsp3) is 0.188. The van der Waals surface area contributed by atoms with E-state index in [-0.39, 0.29) is 11.3 Å². The smallest absolute Gasteiger partial charge is 0.344 e. The van der Waals surface area contributed by atoms with Crippen LogP contribution in [0.1, 0.15) is 28.4 Å². The van der Waals surface area contributed by atoms with Crippen molar-refractivity contribution in [3.05, 3.63) is 53.1 Å². The van der Waals surface area contributed by atoms with Crippen molar-refractivity contribution in [3.8, 4) is 11.5 Å². The van der Waals surface area contributed by atoms with Gasteiger partial charge in [-0.25, -0.2) is 4.79 Å². The minimum absolute atomic E-state index is 0.0345. The summed E-state index contributed by atoms with van der Waals surface area (Å²) in [7, 11) is 0. The summed E-state index contributed by atoms with van der Waals surface area (Å²) in [5.74, 6) is -1.39. The Hall–Kier alpha value is -2.69. The van der Waals surface area contributed by atoms with E-state index in [2.05, 4.69) is 5.32 Å². The van der Waals surface area contributed by atoms with Gasteiger partial charge >= 0.3 is 5.97 Å². The zero-order chi connectivity index (χ0) is 14.8. The van der Waals surface area contributed by atoms with Crippen LogP contribution in [0.25, 0.3) is 0 Å². The lowest BCUT2D eigenvalue weighted by Gasteiger charge is -2.37. The molecule has 3 N–H and O–H groups in total. The molecule has 0 aromatic heterocycles. The van der Waals surface area contributed by atoms with Crippen LogP contribution in [0.3, 0.4) is 0 Å². The predicted octanol–water partition coefficient (Wildman–Crippen LogP) is 2.33. The molecule has 5 heteroatoms. The summed E-state index contributed by atoms with van der Waals surface area (Å²) in [6.07, 6.45) is -0.529. The molecule has 106 valence electrons. The Kier molecular flexibility index (Phi) is 2.12. The van der Waals surface area contributed by atoms with Crippen LogP contribution in [0.15, 0.2) is 36.4 Å². The molecule has 2 aliphatic rings. The molecule has 4 rings (SSSR count). The van der Waals surface area contributed by atoms with Crippen molar-refractivity contribution in [2.24, 2.45) is 0 Å². The van der Waals surface area contributed by atoms with Crippen molar-refractivity contribution in [2.75, 3.05) is 5.32 Å². The number of hydrogen-bond donors (Lipinski definition) is 3. The number of anilines is 1. The summed E-state index contributed by atoms with van der Waals surface area (Å²) < 4.78 is 5.44. The Labute approximate surface area is 120 Å². The Morgan fingerprint density at radius 2 is 1.90 bits per heavy atom. The highest BCUT2D eigenvalue weighted by Gasteiger charge is 2.52. The van der Waals surface area contributed by atoms with Crippen LogP contribution in [0.5, 0.6) is 11.5 Å². The van der Waals surface area contributed by atoms with Gasteiger partial charge < -0.3 is 20.3 Å². The fourth-order valence-electron chi connectivity index (χ4n) is 3.31. The number of phenols is 2. The first-order valence-electron chi connectivity index (χ1n) is 6.66. The van der Waals surface area contributed by atoms with Crippen LogP contribution in [0, 0.1) is 0 Å². The third-order valence-corrected chi connectivity index (χ3v) is 4.44. The predicted molar refractivity (Wildman–Crippen MR) is 75.5 cm³/mol. The van der Waals surface area contributed by atoms with Crippen molar-refractivity contribution < 1.29 is 19.7 Å².